The lowest BCUT2D eigenvalue weighted by Gasteiger charge is -2.11. The highest BCUT2D eigenvalue weighted by atomic mass is 19.3. The molecule has 0 aliphatic carbocycles. The lowest BCUT2D eigenvalue weighted by molar-refractivity contribution is -0.116. The van der Waals surface area contributed by atoms with Crippen molar-refractivity contribution in [2.45, 2.75) is 25.9 Å². The summed E-state index contributed by atoms with van der Waals surface area (Å²) in [6.07, 6.45) is 1.08. The molecule has 0 radical (unpaired) electrons. The van der Waals surface area contributed by atoms with E-state index >= 15 is 0 Å². The molecule has 1 heterocycles. The average molecular weight is 373 g/mol. The summed E-state index contributed by atoms with van der Waals surface area (Å²) < 4.78 is 34.4. The molecule has 1 amide bonds. The molecule has 3 aromatic rings. The van der Waals surface area contributed by atoms with Crippen LogP contribution in [0.2, 0.25) is 0 Å². The summed E-state index contributed by atoms with van der Waals surface area (Å²) in [4.78, 5) is 16.3. The zero-order valence-corrected chi connectivity index (χ0v) is 14.3. The predicted molar refractivity (Wildman–Crippen MR) is 94.4 cm³/mol. The number of anilines is 1. The summed E-state index contributed by atoms with van der Waals surface area (Å²) in [7, 11) is 0. The SMILES string of the molecule is O=C(CCCc1nc(-c2ccccc2)no1)Nc1ccccc1OC(F)F. The molecule has 0 fully saturated rings. The van der Waals surface area contributed by atoms with Crippen LogP contribution < -0.4 is 10.1 Å². The van der Waals surface area contributed by atoms with Gasteiger partial charge in [0.1, 0.15) is 5.75 Å². The molecule has 0 atom stereocenters. The molecule has 1 N–H and O–H groups in total. The van der Waals surface area contributed by atoms with E-state index in [-0.39, 0.29) is 23.8 Å². The highest BCUT2D eigenvalue weighted by molar-refractivity contribution is 5.92. The third-order valence-corrected chi connectivity index (χ3v) is 3.67. The van der Waals surface area contributed by atoms with E-state index in [9.17, 15) is 13.6 Å². The molecule has 2 aromatic carbocycles. The van der Waals surface area contributed by atoms with E-state index in [1.54, 1.807) is 12.1 Å². The van der Waals surface area contributed by atoms with Gasteiger partial charge in [0.25, 0.3) is 0 Å². The van der Waals surface area contributed by atoms with Crippen molar-refractivity contribution < 1.29 is 22.8 Å². The Kier molecular flexibility index (Phi) is 6.09. The first-order valence-electron chi connectivity index (χ1n) is 8.33. The van der Waals surface area contributed by atoms with Gasteiger partial charge in [-0.05, 0) is 18.6 Å². The Hall–Kier alpha value is -3.29. The number of aryl methyl sites for hydroxylation is 1. The van der Waals surface area contributed by atoms with Crippen LogP contribution in [-0.4, -0.2) is 22.7 Å². The van der Waals surface area contributed by atoms with Gasteiger partial charge in [0.15, 0.2) is 0 Å². The molecular weight excluding hydrogens is 356 g/mol. The molecule has 6 nitrogen and oxygen atoms in total. The number of hydrogen-bond donors (Lipinski definition) is 1. The van der Waals surface area contributed by atoms with Crippen LogP contribution in [0.4, 0.5) is 14.5 Å². The first-order valence-corrected chi connectivity index (χ1v) is 8.33. The molecule has 0 aliphatic heterocycles. The first kappa shape index (κ1) is 18.5. The molecule has 0 unspecified atom stereocenters. The molecular formula is C19H17F2N3O3. The molecule has 1 aromatic heterocycles. The minimum Gasteiger partial charge on any atom is -0.433 e. The van der Waals surface area contributed by atoms with Crippen molar-refractivity contribution in [3.05, 3.63) is 60.5 Å². The van der Waals surface area contributed by atoms with Gasteiger partial charge >= 0.3 is 6.61 Å². The Morgan fingerprint density at radius 1 is 1.11 bits per heavy atom. The Bertz CT molecular complexity index is 885. The van der Waals surface area contributed by atoms with E-state index in [1.165, 1.54) is 12.1 Å². The lowest BCUT2D eigenvalue weighted by atomic mass is 10.2. The molecule has 3 rings (SSSR count). The summed E-state index contributed by atoms with van der Waals surface area (Å²) in [6.45, 7) is -2.96. The van der Waals surface area contributed by atoms with E-state index in [2.05, 4.69) is 20.2 Å². The quantitative estimate of drug-likeness (QED) is 0.637. The fourth-order valence-electron chi connectivity index (χ4n) is 2.44. The van der Waals surface area contributed by atoms with Crippen molar-refractivity contribution in [1.82, 2.24) is 10.1 Å². The van der Waals surface area contributed by atoms with E-state index < -0.39 is 6.61 Å². The van der Waals surface area contributed by atoms with E-state index in [4.69, 9.17) is 4.52 Å². The molecule has 0 saturated heterocycles. The minimum atomic E-state index is -2.96. The number of alkyl halides is 2. The third-order valence-electron chi connectivity index (χ3n) is 3.67. The number of hydrogen-bond acceptors (Lipinski definition) is 5. The number of halogens is 2. The number of carbonyl (C=O) groups is 1. The minimum absolute atomic E-state index is 0.0785. The standard InChI is InChI=1S/C19H17F2N3O3/c20-19(21)26-15-10-5-4-9-14(15)22-16(25)11-6-12-17-23-18(24-27-17)13-7-2-1-3-8-13/h1-5,7-10,19H,6,11-12H2,(H,22,25). The predicted octanol–water partition coefficient (Wildman–Crippen LogP) is 4.30. The van der Waals surface area contributed by atoms with Crippen molar-refractivity contribution in [3.63, 3.8) is 0 Å². The summed E-state index contributed by atoms with van der Waals surface area (Å²) in [5.74, 6) is 0.532. The van der Waals surface area contributed by atoms with Gasteiger partial charge in [-0.3, -0.25) is 4.79 Å². The van der Waals surface area contributed by atoms with Crippen molar-refractivity contribution in [2.75, 3.05) is 5.32 Å². The average Bonchev–Trinajstić information content (AvgIpc) is 3.13. The number of nitrogens with one attached hydrogen (secondary N) is 1. The second-order valence-electron chi connectivity index (χ2n) is 5.65. The van der Waals surface area contributed by atoms with Gasteiger partial charge in [-0.2, -0.15) is 13.8 Å². The second-order valence-corrected chi connectivity index (χ2v) is 5.65. The van der Waals surface area contributed by atoms with E-state index in [1.807, 2.05) is 30.3 Å². The highest BCUT2D eigenvalue weighted by Crippen LogP contribution is 2.25. The van der Waals surface area contributed by atoms with Gasteiger partial charge in [0.2, 0.25) is 17.6 Å². The summed E-state index contributed by atoms with van der Waals surface area (Å²) in [6, 6.07) is 15.4. The monoisotopic (exact) mass is 373 g/mol. The van der Waals surface area contributed by atoms with Crippen LogP contribution in [-0.2, 0) is 11.2 Å². The van der Waals surface area contributed by atoms with Crippen molar-refractivity contribution >= 4 is 11.6 Å². The molecule has 8 heteroatoms. The fraction of sp³-hybridized carbons (Fsp3) is 0.211. The molecule has 0 aliphatic rings. The number of amides is 1. The number of aromatic nitrogens is 2. The normalized spacial score (nSPS) is 10.8. The summed E-state index contributed by atoms with van der Waals surface area (Å²) >= 11 is 0. The fourth-order valence-corrected chi connectivity index (χ4v) is 2.44. The smallest absolute Gasteiger partial charge is 0.387 e. The number of nitrogens with zero attached hydrogens (tertiary/aromatic N) is 2. The number of benzene rings is 2. The maximum Gasteiger partial charge on any atom is 0.387 e. The molecule has 27 heavy (non-hydrogen) atoms. The maximum absolute atomic E-state index is 12.4. The Labute approximate surface area is 154 Å². The van der Waals surface area contributed by atoms with Gasteiger partial charge in [0.05, 0.1) is 5.69 Å². The first-order chi connectivity index (χ1) is 13.1. The van der Waals surface area contributed by atoms with Gasteiger partial charge in [-0.25, -0.2) is 0 Å². The number of rotatable bonds is 8. The van der Waals surface area contributed by atoms with Crippen LogP contribution in [0, 0.1) is 0 Å². The van der Waals surface area contributed by atoms with Crippen LogP contribution in [0.25, 0.3) is 11.4 Å². The van der Waals surface area contributed by atoms with Gasteiger partial charge in [-0.15, -0.1) is 0 Å². The summed E-state index contributed by atoms with van der Waals surface area (Å²) in [5.41, 5.74) is 1.05. The lowest BCUT2D eigenvalue weighted by Crippen LogP contribution is -2.13. The second kappa shape index (κ2) is 8.88. The van der Waals surface area contributed by atoms with Crippen LogP contribution >= 0.6 is 0 Å². The number of para-hydroxylation sites is 2. The summed E-state index contributed by atoms with van der Waals surface area (Å²) in [5, 5.41) is 6.49. The zero-order valence-electron chi connectivity index (χ0n) is 14.3. The van der Waals surface area contributed by atoms with Crippen LogP contribution in [0.5, 0.6) is 5.75 Å². The van der Waals surface area contributed by atoms with Crippen LogP contribution in [0.3, 0.4) is 0 Å². The topological polar surface area (TPSA) is 77.2 Å². The van der Waals surface area contributed by atoms with Crippen molar-refractivity contribution in [1.29, 1.82) is 0 Å². The Balaban J connectivity index is 1.50. The van der Waals surface area contributed by atoms with Crippen LogP contribution in [0.15, 0.2) is 59.1 Å². The Morgan fingerprint density at radius 2 is 1.85 bits per heavy atom. The van der Waals surface area contributed by atoms with Gasteiger partial charge < -0.3 is 14.6 Å². The maximum atomic E-state index is 12.4. The molecule has 0 spiro atoms. The Morgan fingerprint density at radius 3 is 2.63 bits per heavy atom. The van der Waals surface area contributed by atoms with Gasteiger partial charge in [-0.1, -0.05) is 47.6 Å². The van der Waals surface area contributed by atoms with E-state index in [0.717, 1.165) is 5.56 Å². The molecule has 0 bridgehead atoms. The van der Waals surface area contributed by atoms with E-state index in [0.29, 0.717) is 24.6 Å². The van der Waals surface area contributed by atoms with Gasteiger partial charge in [0, 0.05) is 18.4 Å². The number of ether oxygens (including phenoxy) is 1. The molecule has 140 valence electrons. The zero-order chi connectivity index (χ0) is 19.1. The number of carbonyl (C=O) groups excluding carboxylic acids is 1. The van der Waals surface area contributed by atoms with Crippen LogP contribution in [0.1, 0.15) is 18.7 Å². The molecule has 0 saturated carbocycles. The van der Waals surface area contributed by atoms with Crippen molar-refractivity contribution in [2.24, 2.45) is 0 Å². The largest absolute Gasteiger partial charge is 0.433 e. The highest BCUT2D eigenvalue weighted by Gasteiger charge is 2.12. The third kappa shape index (κ3) is 5.34. The van der Waals surface area contributed by atoms with Crippen molar-refractivity contribution in [3.8, 4) is 17.1 Å².